The molecular weight excluding hydrogens is 285 g/mol. The maximum absolute atomic E-state index is 13.1. The van der Waals surface area contributed by atoms with Crippen molar-refractivity contribution in [1.29, 1.82) is 0 Å². The van der Waals surface area contributed by atoms with Gasteiger partial charge >= 0.3 is 0 Å². The number of nitrogens with zero attached hydrogens (tertiary/aromatic N) is 1. The lowest BCUT2D eigenvalue weighted by atomic mass is 10.1. The van der Waals surface area contributed by atoms with Crippen LogP contribution in [0.1, 0.15) is 22.1 Å². The highest BCUT2D eigenvalue weighted by Crippen LogP contribution is 2.42. The Hall–Kier alpha value is -1.81. The van der Waals surface area contributed by atoms with Gasteiger partial charge < -0.3 is 0 Å². The number of amides is 1. The first-order valence-electron chi connectivity index (χ1n) is 6.82. The topological polar surface area (TPSA) is 20.3 Å². The van der Waals surface area contributed by atoms with Gasteiger partial charge in [0.05, 0.1) is 5.75 Å². The number of rotatable bonds is 2. The van der Waals surface area contributed by atoms with E-state index in [0.717, 1.165) is 22.4 Å². The minimum atomic E-state index is -0.258. The fourth-order valence-electron chi connectivity index (χ4n) is 2.54. The molecule has 0 spiro atoms. The average molecular weight is 301 g/mol. The summed E-state index contributed by atoms with van der Waals surface area (Å²) in [6.07, 6.45) is 0. The van der Waals surface area contributed by atoms with Crippen molar-refractivity contribution in [3.8, 4) is 0 Å². The first kappa shape index (κ1) is 14.1. The second-order valence-electron chi connectivity index (χ2n) is 5.27. The molecule has 1 atom stereocenters. The zero-order valence-corrected chi connectivity index (χ0v) is 12.8. The van der Waals surface area contributed by atoms with Crippen LogP contribution in [0.2, 0.25) is 0 Å². The summed E-state index contributed by atoms with van der Waals surface area (Å²) in [6.45, 7) is 4.02. The second kappa shape index (κ2) is 5.53. The Labute approximate surface area is 128 Å². The van der Waals surface area contributed by atoms with E-state index in [1.807, 2.05) is 36.9 Å². The molecule has 0 aromatic heterocycles. The van der Waals surface area contributed by atoms with Crippen molar-refractivity contribution in [2.75, 3.05) is 10.7 Å². The molecule has 2 nitrogen and oxygen atoms in total. The largest absolute Gasteiger partial charge is 0.295 e. The summed E-state index contributed by atoms with van der Waals surface area (Å²) in [5.41, 5.74) is 4.09. The smallest absolute Gasteiger partial charge is 0.238 e. The number of carbonyl (C=O) groups is 1. The number of anilines is 1. The number of hydrogen-bond acceptors (Lipinski definition) is 2. The third-order valence-electron chi connectivity index (χ3n) is 3.65. The molecule has 1 unspecified atom stereocenters. The standard InChI is InChI=1S/C17H16FNOS/c1-11-3-4-12(2)15(9-11)19-16(20)10-21-17(19)13-5-7-14(18)8-6-13/h3-9,17H,10H2,1-2H3. The molecule has 21 heavy (non-hydrogen) atoms. The first-order valence-corrected chi connectivity index (χ1v) is 7.87. The highest BCUT2D eigenvalue weighted by atomic mass is 32.2. The SMILES string of the molecule is Cc1ccc(C)c(N2C(=O)CSC2c2ccc(F)cc2)c1. The van der Waals surface area contributed by atoms with Gasteiger partial charge in [-0.2, -0.15) is 0 Å². The van der Waals surface area contributed by atoms with Crippen molar-refractivity contribution in [3.05, 3.63) is 65.0 Å². The van der Waals surface area contributed by atoms with Gasteiger partial charge in [-0.05, 0) is 48.7 Å². The Bertz CT molecular complexity index is 684. The van der Waals surface area contributed by atoms with Gasteiger partial charge in [-0.3, -0.25) is 9.69 Å². The van der Waals surface area contributed by atoms with E-state index < -0.39 is 0 Å². The van der Waals surface area contributed by atoms with E-state index in [1.165, 1.54) is 12.1 Å². The number of thioether (sulfide) groups is 1. The summed E-state index contributed by atoms with van der Waals surface area (Å²) >= 11 is 1.58. The van der Waals surface area contributed by atoms with Crippen LogP contribution in [0.4, 0.5) is 10.1 Å². The highest BCUT2D eigenvalue weighted by molar-refractivity contribution is 8.00. The fraction of sp³-hybridized carbons (Fsp3) is 0.235. The van der Waals surface area contributed by atoms with Crippen LogP contribution in [0.15, 0.2) is 42.5 Å². The number of halogens is 1. The quantitative estimate of drug-likeness (QED) is 0.827. The molecule has 1 aliphatic rings. The Morgan fingerprint density at radius 1 is 1.14 bits per heavy atom. The van der Waals surface area contributed by atoms with Crippen molar-refractivity contribution in [2.45, 2.75) is 19.2 Å². The van der Waals surface area contributed by atoms with Gasteiger partial charge in [-0.1, -0.05) is 24.3 Å². The van der Waals surface area contributed by atoms with E-state index in [4.69, 9.17) is 0 Å². The zero-order chi connectivity index (χ0) is 15.0. The van der Waals surface area contributed by atoms with Crippen molar-refractivity contribution < 1.29 is 9.18 Å². The Morgan fingerprint density at radius 3 is 2.57 bits per heavy atom. The number of carbonyl (C=O) groups excluding carboxylic acids is 1. The minimum Gasteiger partial charge on any atom is -0.295 e. The molecule has 1 heterocycles. The highest BCUT2D eigenvalue weighted by Gasteiger charge is 2.34. The molecule has 3 rings (SSSR count). The van der Waals surface area contributed by atoms with E-state index >= 15 is 0 Å². The second-order valence-corrected chi connectivity index (χ2v) is 6.34. The Kier molecular flexibility index (Phi) is 3.72. The number of benzene rings is 2. The van der Waals surface area contributed by atoms with Gasteiger partial charge in [0.25, 0.3) is 0 Å². The van der Waals surface area contributed by atoms with Gasteiger partial charge in [-0.15, -0.1) is 11.8 Å². The van der Waals surface area contributed by atoms with Gasteiger partial charge in [0.2, 0.25) is 5.91 Å². The predicted octanol–water partition coefficient (Wildman–Crippen LogP) is 4.22. The maximum Gasteiger partial charge on any atom is 0.238 e. The van der Waals surface area contributed by atoms with Gasteiger partial charge in [0, 0.05) is 5.69 Å². The van der Waals surface area contributed by atoms with Crippen molar-refractivity contribution >= 4 is 23.4 Å². The lowest BCUT2D eigenvalue weighted by Gasteiger charge is -2.26. The summed E-state index contributed by atoms with van der Waals surface area (Å²) in [5, 5.41) is -0.0846. The Morgan fingerprint density at radius 2 is 1.86 bits per heavy atom. The molecule has 4 heteroatoms. The molecule has 0 N–H and O–H groups in total. The van der Waals surface area contributed by atoms with Crippen LogP contribution in [0.3, 0.4) is 0 Å². The van der Waals surface area contributed by atoms with Crippen molar-refractivity contribution in [3.63, 3.8) is 0 Å². The summed E-state index contributed by atoms with van der Waals surface area (Å²) in [5.74, 6) is 0.296. The maximum atomic E-state index is 13.1. The monoisotopic (exact) mass is 301 g/mol. The molecule has 2 aromatic carbocycles. The molecule has 1 aliphatic heterocycles. The van der Waals surface area contributed by atoms with Crippen molar-refractivity contribution in [1.82, 2.24) is 0 Å². The lowest BCUT2D eigenvalue weighted by Crippen LogP contribution is -2.28. The normalized spacial score (nSPS) is 18.3. The van der Waals surface area contributed by atoms with Crippen LogP contribution < -0.4 is 4.90 Å². The molecule has 1 amide bonds. The third kappa shape index (κ3) is 2.68. The van der Waals surface area contributed by atoms with Crippen LogP contribution in [-0.2, 0) is 4.79 Å². The molecule has 2 aromatic rings. The zero-order valence-electron chi connectivity index (χ0n) is 12.0. The molecular formula is C17H16FNOS. The van der Waals surface area contributed by atoms with E-state index in [1.54, 1.807) is 23.9 Å². The third-order valence-corrected chi connectivity index (χ3v) is 4.86. The molecule has 0 bridgehead atoms. The average Bonchev–Trinajstić information content (AvgIpc) is 2.84. The van der Waals surface area contributed by atoms with Crippen LogP contribution in [0.5, 0.6) is 0 Å². The number of aryl methyl sites for hydroxylation is 2. The summed E-state index contributed by atoms with van der Waals surface area (Å²) in [6, 6.07) is 12.5. The Balaban J connectivity index is 2.03. The van der Waals surface area contributed by atoms with E-state index in [9.17, 15) is 9.18 Å². The predicted molar refractivity (Wildman–Crippen MR) is 85.0 cm³/mol. The van der Waals surface area contributed by atoms with Crippen LogP contribution in [-0.4, -0.2) is 11.7 Å². The van der Waals surface area contributed by atoms with E-state index in [0.29, 0.717) is 5.75 Å². The van der Waals surface area contributed by atoms with Crippen LogP contribution in [0, 0.1) is 19.7 Å². The summed E-state index contributed by atoms with van der Waals surface area (Å²) < 4.78 is 13.1. The first-order chi connectivity index (χ1) is 10.1. The van der Waals surface area contributed by atoms with Gasteiger partial charge in [-0.25, -0.2) is 4.39 Å². The molecule has 0 saturated carbocycles. The van der Waals surface area contributed by atoms with Crippen molar-refractivity contribution in [2.24, 2.45) is 0 Å². The van der Waals surface area contributed by atoms with Crippen LogP contribution in [0.25, 0.3) is 0 Å². The molecule has 0 radical (unpaired) electrons. The molecule has 1 saturated heterocycles. The molecule has 108 valence electrons. The minimum absolute atomic E-state index is 0.0846. The van der Waals surface area contributed by atoms with E-state index in [2.05, 4.69) is 0 Å². The van der Waals surface area contributed by atoms with Gasteiger partial charge in [0.1, 0.15) is 11.2 Å². The molecule has 1 fully saturated rings. The van der Waals surface area contributed by atoms with Gasteiger partial charge in [0.15, 0.2) is 0 Å². The lowest BCUT2D eigenvalue weighted by molar-refractivity contribution is -0.115. The van der Waals surface area contributed by atoms with Crippen LogP contribution >= 0.6 is 11.8 Å². The van der Waals surface area contributed by atoms with E-state index in [-0.39, 0.29) is 17.1 Å². The summed E-state index contributed by atoms with van der Waals surface area (Å²) in [7, 11) is 0. The number of hydrogen-bond donors (Lipinski definition) is 0. The molecule has 0 aliphatic carbocycles. The summed E-state index contributed by atoms with van der Waals surface area (Å²) in [4.78, 5) is 14.2. The fourth-order valence-corrected chi connectivity index (χ4v) is 3.71.